The Hall–Kier alpha value is -2.99. The Morgan fingerprint density at radius 2 is 1.96 bits per heavy atom. The predicted octanol–water partition coefficient (Wildman–Crippen LogP) is 4.06. The van der Waals surface area contributed by atoms with Crippen molar-refractivity contribution in [3.63, 3.8) is 0 Å². The Labute approximate surface area is 154 Å². The van der Waals surface area contributed by atoms with Gasteiger partial charge < -0.3 is 19.2 Å². The number of halogens is 1. The third-order valence-electron chi connectivity index (χ3n) is 3.88. The van der Waals surface area contributed by atoms with Crippen molar-refractivity contribution in [2.24, 2.45) is 0 Å². The van der Waals surface area contributed by atoms with Crippen LogP contribution in [-0.2, 0) is 16.0 Å². The molecule has 6 nitrogen and oxygen atoms in total. The third-order valence-corrected chi connectivity index (χ3v) is 4.21. The third kappa shape index (κ3) is 3.65. The molecule has 0 saturated carbocycles. The van der Waals surface area contributed by atoms with Crippen molar-refractivity contribution in [3.05, 3.63) is 58.8 Å². The van der Waals surface area contributed by atoms with Crippen LogP contribution >= 0.6 is 11.6 Å². The van der Waals surface area contributed by atoms with Gasteiger partial charge in [-0.2, -0.15) is 0 Å². The molecular formula is C19H16ClNO5. The Morgan fingerprint density at radius 3 is 2.69 bits per heavy atom. The smallest absolute Gasteiger partial charge is 0.337 e. The van der Waals surface area contributed by atoms with E-state index in [9.17, 15) is 9.59 Å². The molecule has 0 aliphatic rings. The van der Waals surface area contributed by atoms with Crippen LogP contribution in [-0.4, -0.2) is 26.1 Å². The minimum Gasteiger partial charge on any atom is -0.497 e. The first-order valence-corrected chi connectivity index (χ1v) is 8.11. The van der Waals surface area contributed by atoms with Crippen LogP contribution in [0.1, 0.15) is 15.9 Å². The molecule has 1 N–H and O–H groups in total. The number of anilines is 1. The zero-order valence-corrected chi connectivity index (χ0v) is 14.9. The van der Waals surface area contributed by atoms with E-state index in [4.69, 9.17) is 20.8 Å². The maximum absolute atomic E-state index is 12.4. The first-order valence-electron chi connectivity index (χ1n) is 7.73. The van der Waals surface area contributed by atoms with Gasteiger partial charge in [0.05, 0.1) is 43.2 Å². The van der Waals surface area contributed by atoms with E-state index in [2.05, 4.69) is 10.1 Å². The number of methoxy groups -OCH3 is 2. The summed E-state index contributed by atoms with van der Waals surface area (Å²) >= 11 is 6.10. The number of furan rings is 1. The van der Waals surface area contributed by atoms with Gasteiger partial charge in [-0.25, -0.2) is 4.79 Å². The minimum atomic E-state index is -0.507. The first-order chi connectivity index (χ1) is 12.5. The van der Waals surface area contributed by atoms with Crippen molar-refractivity contribution in [1.29, 1.82) is 0 Å². The molecule has 134 valence electrons. The molecule has 0 saturated heterocycles. The highest BCUT2D eigenvalue weighted by atomic mass is 35.5. The number of amides is 1. The molecule has 2 aromatic carbocycles. The van der Waals surface area contributed by atoms with Crippen LogP contribution in [0.2, 0.25) is 5.02 Å². The van der Waals surface area contributed by atoms with E-state index in [0.29, 0.717) is 27.6 Å². The van der Waals surface area contributed by atoms with E-state index in [1.54, 1.807) is 19.2 Å². The molecular weight excluding hydrogens is 358 g/mol. The van der Waals surface area contributed by atoms with E-state index in [1.807, 2.05) is 6.07 Å². The lowest BCUT2D eigenvalue weighted by atomic mass is 10.1. The zero-order valence-electron chi connectivity index (χ0n) is 14.2. The van der Waals surface area contributed by atoms with Crippen LogP contribution in [0.3, 0.4) is 0 Å². The largest absolute Gasteiger partial charge is 0.497 e. The second-order valence-corrected chi connectivity index (χ2v) is 5.94. The predicted molar refractivity (Wildman–Crippen MR) is 97.9 cm³/mol. The minimum absolute atomic E-state index is 0.0953. The molecule has 1 heterocycles. The average molecular weight is 374 g/mol. The number of carbonyl (C=O) groups excluding carboxylic acids is 2. The molecule has 3 aromatic rings. The number of benzene rings is 2. The van der Waals surface area contributed by atoms with Crippen molar-refractivity contribution < 1.29 is 23.5 Å². The molecule has 1 aromatic heterocycles. The molecule has 0 bridgehead atoms. The molecule has 0 aliphatic carbocycles. The molecule has 1 amide bonds. The lowest BCUT2D eigenvalue weighted by molar-refractivity contribution is -0.115. The van der Waals surface area contributed by atoms with Gasteiger partial charge in [-0.1, -0.05) is 11.6 Å². The summed E-state index contributed by atoms with van der Waals surface area (Å²) in [4.78, 5) is 24.0. The summed E-state index contributed by atoms with van der Waals surface area (Å²) < 4.78 is 15.3. The van der Waals surface area contributed by atoms with E-state index in [1.165, 1.54) is 31.6 Å². The van der Waals surface area contributed by atoms with Gasteiger partial charge in [-0.05, 0) is 30.3 Å². The van der Waals surface area contributed by atoms with E-state index >= 15 is 0 Å². The lowest BCUT2D eigenvalue weighted by Gasteiger charge is -2.08. The van der Waals surface area contributed by atoms with E-state index < -0.39 is 5.97 Å². The highest BCUT2D eigenvalue weighted by Gasteiger charge is 2.14. The number of fused-ring (bicyclic) bond motifs is 1. The van der Waals surface area contributed by atoms with Gasteiger partial charge in [0.2, 0.25) is 5.91 Å². The maximum Gasteiger partial charge on any atom is 0.337 e. The molecule has 0 aliphatic heterocycles. The Bertz CT molecular complexity index is 979. The Kier molecular flexibility index (Phi) is 5.14. The molecule has 0 unspecified atom stereocenters. The van der Waals surface area contributed by atoms with Gasteiger partial charge in [0.15, 0.2) is 0 Å². The van der Waals surface area contributed by atoms with E-state index in [-0.39, 0.29) is 12.3 Å². The number of hydrogen-bond donors (Lipinski definition) is 1. The Morgan fingerprint density at radius 1 is 1.15 bits per heavy atom. The van der Waals surface area contributed by atoms with Crippen LogP contribution in [0.4, 0.5) is 5.69 Å². The van der Waals surface area contributed by atoms with Crippen molar-refractivity contribution in [2.75, 3.05) is 19.5 Å². The Balaban J connectivity index is 1.78. The standard InChI is InChI=1S/C19H16ClNO5/c1-24-13-4-5-14-12(10-26-17(14)9-13)8-18(22)21-16-7-11(19(23)25-2)3-6-15(16)20/h3-7,9-10H,8H2,1-2H3,(H,21,22). The first kappa shape index (κ1) is 17.8. The number of nitrogens with one attached hydrogen (secondary N) is 1. The molecule has 26 heavy (non-hydrogen) atoms. The van der Waals surface area contributed by atoms with Crippen LogP contribution in [0.25, 0.3) is 11.0 Å². The number of hydrogen-bond acceptors (Lipinski definition) is 5. The van der Waals surface area contributed by atoms with Gasteiger partial charge in [0.1, 0.15) is 11.3 Å². The fourth-order valence-electron chi connectivity index (χ4n) is 2.56. The van der Waals surface area contributed by atoms with Gasteiger partial charge in [-0.3, -0.25) is 4.79 Å². The highest BCUT2D eigenvalue weighted by molar-refractivity contribution is 6.33. The molecule has 0 atom stereocenters. The fourth-order valence-corrected chi connectivity index (χ4v) is 2.73. The molecule has 0 radical (unpaired) electrons. The number of ether oxygens (including phenoxy) is 2. The van der Waals surface area contributed by atoms with E-state index in [0.717, 1.165) is 10.9 Å². The lowest BCUT2D eigenvalue weighted by Crippen LogP contribution is -2.15. The summed E-state index contributed by atoms with van der Waals surface area (Å²) in [6.07, 6.45) is 1.63. The number of esters is 1. The molecule has 0 spiro atoms. The highest BCUT2D eigenvalue weighted by Crippen LogP contribution is 2.27. The van der Waals surface area contributed by atoms with Gasteiger partial charge in [0, 0.05) is 17.0 Å². The normalized spacial score (nSPS) is 10.6. The summed E-state index contributed by atoms with van der Waals surface area (Å²) in [6, 6.07) is 9.93. The summed E-state index contributed by atoms with van der Waals surface area (Å²) in [5.74, 6) is -0.117. The fraction of sp³-hybridized carbons (Fsp3) is 0.158. The van der Waals surface area contributed by atoms with Crippen molar-refractivity contribution in [3.8, 4) is 5.75 Å². The summed E-state index contributed by atoms with van der Waals surface area (Å²) in [5.41, 5.74) is 2.01. The number of rotatable bonds is 5. The molecule has 3 rings (SSSR count). The monoisotopic (exact) mass is 373 g/mol. The maximum atomic E-state index is 12.4. The van der Waals surface area contributed by atoms with Crippen LogP contribution in [0.15, 0.2) is 47.1 Å². The van der Waals surface area contributed by atoms with Crippen LogP contribution in [0.5, 0.6) is 5.75 Å². The average Bonchev–Trinajstić information content (AvgIpc) is 3.04. The van der Waals surface area contributed by atoms with Crippen LogP contribution < -0.4 is 10.1 Å². The summed E-state index contributed by atoms with van der Waals surface area (Å²) in [7, 11) is 2.86. The summed E-state index contributed by atoms with van der Waals surface area (Å²) in [5, 5.41) is 3.87. The zero-order chi connectivity index (χ0) is 18.7. The van der Waals surface area contributed by atoms with Crippen molar-refractivity contribution in [2.45, 2.75) is 6.42 Å². The SMILES string of the molecule is COC(=O)c1ccc(Cl)c(NC(=O)Cc2coc3cc(OC)ccc23)c1. The van der Waals surface area contributed by atoms with Gasteiger partial charge in [0.25, 0.3) is 0 Å². The van der Waals surface area contributed by atoms with Crippen molar-refractivity contribution >= 4 is 40.1 Å². The number of carbonyl (C=O) groups is 2. The quantitative estimate of drug-likeness (QED) is 0.682. The van der Waals surface area contributed by atoms with Gasteiger partial charge >= 0.3 is 5.97 Å². The van der Waals surface area contributed by atoms with Crippen molar-refractivity contribution in [1.82, 2.24) is 0 Å². The molecule has 0 fully saturated rings. The second-order valence-electron chi connectivity index (χ2n) is 5.53. The topological polar surface area (TPSA) is 77.8 Å². The molecule has 7 heteroatoms. The second kappa shape index (κ2) is 7.49. The van der Waals surface area contributed by atoms with Gasteiger partial charge in [-0.15, -0.1) is 0 Å². The summed E-state index contributed by atoms with van der Waals surface area (Å²) in [6.45, 7) is 0. The van der Waals surface area contributed by atoms with Crippen LogP contribution in [0, 0.1) is 0 Å².